The van der Waals surface area contributed by atoms with Gasteiger partial charge in [-0.15, -0.1) is 22.7 Å². The topological polar surface area (TPSA) is 37.8 Å². The molecule has 3 rings (SSSR count). The van der Waals surface area contributed by atoms with E-state index in [-0.39, 0.29) is 0 Å². The number of fused-ring (bicyclic) bond motifs is 1. The molecule has 98 valence electrons. The summed E-state index contributed by atoms with van der Waals surface area (Å²) in [4.78, 5) is 11.6. The number of anilines is 1. The first-order valence-corrected chi connectivity index (χ1v) is 8.51. The van der Waals surface area contributed by atoms with Gasteiger partial charge in [0.05, 0.1) is 4.21 Å². The van der Waals surface area contributed by atoms with Gasteiger partial charge in [-0.2, -0.15) is 0 Å². The van der Waals surface area contributed by atoms with Crippen molar-refractivity contribution in [1.29, 1.82) is 0 Å². The number of aromatic nitrogens is 2. The van der Waals surface area contributed by atoms with Crippen LogP contribution in [-0.2, 0) is 6.42 Å². The van der Waals surface area contributed by atoms with Crippen molar-refractivity contribution in [1.82, 2.24) is 9.97 Å². The normalized spacial score (nSPS) is 11.1. The van der Waals surface area contributed by atoms with Gasteiger partial charge in [-0.3, -0.25) is 0 Å². The lowest BCUT2D eigenvalue weighted by Gasteiger charge is -2.03. The summed E-state index contributed by atoms with van der Waals surface area (Å²) in [7, 11) is 1.86. The average Bonchev–Trinajstić information content (AvgIpc) is 3.06. The van der Waals surface area contributed by atoms with Gasteiger partial charge in [-0.25, -0.2) is 9.97 Å². The fraction of sp³-hybridized carbons (Fsp3) is 0.231. The highest BCUT2D eigenvalue weighted by Gasteiger charge is 2.12. The Morgan fingerprint density at radius 2 is 2.26 bits per heavy atom. The number of nitrogens with one attached hydrogen (secondary N) is 1. The van der Waals surface area contributed by atoms with Gasteiger partial charge in [0.2, 0.25) is 5.95 Å². The molecule has 0 unspecified atom stereocenters. The lowest BCUT2D eigenvalue weighted by Crippen LogP contribution is -1.96. The highest BCUT2D eigenvalue weighted by atomic mass is 32.2. The number of nitrogens with zero attached hydrogens (tertiary/aromatic N) is 2. The van der Waals surface area contributed by atoms with Crippen LogP contribution in [0.3, 0.4) is 0 Å². The van der Waals surface area contributed by atoms with E-state index in [2.05, 4.69) is 45.8 Å². The third-order valence-corrected chi connectivity index (χ3v) is 5.89. The zero-order valence-electron chi connectivity index (χ0n) is 10.6. The Morgan fingerprint density at radius 1 is 1.37 bits per heavy atom. The number of rotatable bonds is 4. The summed E-state index contributed by atoms with van der Waals surface area (Å²) in [5, 5.41) is 7.33. The minimum absolute atomic E-state index is 0.691. The molecule has 0 atom stereocenters. The molecule has 19 heavy (non-hydrogen) atoms. The van der Waals surface area contributed by atoms with Crippen LogP contribution in [0.15, 0.2) is 32.8 Å². The van der Waals surface area contributed by atoms with Crippen molar-refractivity contribution >= 4 is 50.6 Å². The van der Waals surface area contributed by atoms with Crippen LogP contribution in [0.4, 0.5) is 5.95 Å². The van der Waals surface area contributed by atoms with E-state index in [0.29, 0.717) is 5.95 Å². The lowest BCUT2D eigenvalue weighted by atomic mass is 10.3. The zero-order valence-corrected chi connectivity index (χ0v) is 13.1. The average molecular weight is 307 g/mol. The van der Waals surface area contributed by atoms with Crippen LogP contribution in [0.25, 0.3) is 10.2 Å². The molecule has 6 heteroatoms. The number of thiophene rings is 2. The van der Waals surface area contributed by atoms with E-state index in [4.69, 9.17) is 0 Å². The van der Waals surface area contributed by atoms with Crippen LogP contribution in [0.1, 0.15) is 11.8 Å². The highest BCUT2D eigenvalue weighted by molar-refractivity contribution is 8.01. The summed E-state index contributed by atoms with van der Waals surface area (Å²) < 4.78 is 1.26. The van der Waals surface area contributed by atoms with E-state index in [0.717, 1.165) is 16.3 Å². The fourth-order valence-corrected chi connectivity index (χ4v) is 4.54. The fourth-order valence-electron chi connectivity index (χ4n) is 1.73. The second kappa shape index (κ2) is 5.48. The Labute approximate surface area is 124 Å². The maximum atomic E-state index is 4.60. The predicted octanol–water partition coefficient (Wildman–Crippen LogP) is 4.51. The van der Waals surface area contributed by atoms with Crippen molar-refractivity contribution in [3.05, 3.63) is 28.5 Å². The van der Waals surface area contributed by atoms with Crippen LogP contribution < -0.4 is 5.32 Å². The summed E-state index contributed by atoms with van der Waals surface area (Å²) in [6.45, 7) is 2.17. The number of hydrogen-bond donors (Lipinski definition) is 1. The quantitative estimate of drug-likeness (QED) is 0.720. The first kappa shape index (κ1) is 12.9. The molecule has 3 heterocycles. The van der Waals surface area contributed by atoms with E-state index in [1.807, 2.05) is 7.05 Å². The molecule has 0 aliphatic carbocycles. The third-order valence-electron chi connectivity index (χ3n) is 2.67. The molecule has 0 fully saturated rings. The molecule has 3 aromatic rings. The molecule has 0 aliphatic rings. The van der Waals surface area contributed by atoms with Gasteiger partial charge in [0.25, 0.3) is 0 Å². The molecule has 1 N–H and O–H groups in total. The van der Waals surface area contributed by atoms with E-state index >= 15 is 0 Å². The largest absolute Gasteiger partial charge is 0.357 e. The van der Waals surface area contributed by atoms with E-state index in [1.54, 1.807) is 34.4 Å². The molecule has 0 saturated heterocycles. The molecule has 3 nitrogen and oxygen atoms in total. The Kier molecular flexibility index (Phi) is 3.72. The van der Waals surface area contributed by atoms with Gasteiger partial charge < -0.3 is 5.32 Å². The number of aryl methyl sites for hydroxylation is 1. The second-order valence-corrected chi connectivity index (χ2v) is 7.27. The molecule has 3 aromatic heterocycles. The maximum absolute atomic E-state index is 4.60. The van der Waals surface area contributed by atoms with Crippen molar-refractivity contribution in [2.75, 3.05) is 12.4 Å². The molecule has 0 bridgehead atoms. The first-order valence-electron chi connectivity index (χ1n) is 5.99. The molecule has 0 aromatic carbocycles. The summed E-state index contributed by atoms with van der Waals surface area (Å²) in [6, 6.07) is 6.40. The number of hydrogen-bond acceptors (Lipinski definition) is 6. The highest BCUT2D eigenvalue weighted by Crippen LogP contribution is 2.37. The molecular weight excluding hydrogens is 294 g/mol. The third kappa shape index (κ3) is 2.61. The van der Waals surface area contributed by atoms with Crippen molar-refractivity contribution in [2.45, 2.75) is 22.6 Å². The van der Waals surface area contributed by atoms with Gasteiger partial charge in [-0.05, 0) is 23.9 Å². The van der Waals surface area contributed by atoms with E-state index < -0.39 is 0 Å². The van der Waals surface area contributed by atoms with Gasteiger partial charge in [-0.1, -0.05) is 24.8 Å². The van der Waals surface area contributed by atoms with Crippen LogP contribution >= 0.6 is 34.4 Å². The summed E-state index contributed by atoms with van der Waals surface area (Å²) in [5.74, 6) is 0.691. The predicted molar refractivity (Wildman–Crippen MR) is 84.8 cm³/mol. The molecule has 0 aliphatic heterocycles. The van der Waals surface area contributed by atoms with Gasteiger partial charge in [0.15, 0.2) is 0 Å². The van der Waals surface area contributed by atoms with Crippen LogP contribution in [0.2, 0.25) is 0 Å². The standard InChI is InChI=1S/C13H13N3S3/c1-3-8-7-9-11(18-8)15-13(14-2)16-12(9)19-10-5-4-6-17-10/h4-7H,3H2,1-2H3,(H,14,15,16). The Balaban J connectivity index is 2.11. The van der Waals surface area contributed by atoms with Crippen LogP contribution in [-0.4, -0.2) is 17.0 Å². The summed E-state index contributed by atoms with van der Waals surface area (Å²) in [6.07, 6.45) is 1.04. The maximum Gasteiger partial charge on any atom is 0.224 e. The van der Waals surface area contributed by atoms with Gasteiger partial charge >= 0.3 is 0 Å². The van der Waals surface area contributed by atoms with Gasteiger partial charge in [0, 0.05) is 17.3 Å². The second-order valence-electron chi connectivity index (χ2n) is 3.92. The smallest absolute Gasteiger partial charge is 0.224 e. The summed E-state index contributed by atoms with van der Waals surface area (Å²) >= 11 is 5.20. The lowest BCUT2D eigenvalue weighted by molar-refractivity contribution is 1.10. The molecule has 0 saturated carbocycles. The van der Waals surface area contributed by atoms with Crippen LogP contribution in [0, 0.1) is 0 Å². The van der Waals surface area contributed by atoms with Crippen molar-refractivity contribution < 1.29 is 0 Å². The first-order chi connectivity index (χ1) is 9.30. The Hall–Kier alpha value is -1.11. The van der Waals surface area contributed by atoms with E-state index in [9.17, 15) is 0 Å². The molecule has 0 radical (unpaired) electrons. The molecule has 0 amide bonds. The Bertz CT molecular complexity index is 689. The summed E-state index contributed by atoms with van der Waals surface area (Å²) in [5.41, 5.74) is 0. The minimum Gasteiger partial charge on any atom is -0.357 e. The van der Waals surface area contributed by atoms with E-state index in [1.165, 1.54) is 14.5 Å². The van der Waals surface area contributed by atoms with Crippen molar-refractivity contribution in [3.63, 3.8) is 0 Å². The monoisotopic (exact) mass is 307 g/mol. The van der Waals surface area contributed by atoms with Crippen LogP contribution in [0.5, 0.6) is 0 Å². The van der Waals surface area contributed by atoms with Gasteiger partial charge in [0.1, 0.15) is 9.86 Å². The molecule has 0 spiro atoms. The zero-order chi connectivity index (χ0) is 13.2. The minimum atomic E-state index is 0.691. The molecular formula is C13H13N3S3. The van der Waals surface area contributed by atoms with Crippen molar-refractivity contribution in [3.8, 4) is 0 Å². The Morgan fingerprint density at radius 3 is 2.95 bits per heavy atom. The van der Waals surface area contributed by atoms with Crippen molar-refractivity contribution in [2.24, 2.45) is 0 Å². The SMILES string of the molecule is CCc1cc2c(Sc3cccs3)nc(NC)nc2s1.